The van der Waals surface area contributed by atoms with Gasteiger partial charge in [0.05, 0.1) is 26.3 Å². The second-order valence-electron chi connectivity index (χ2n) is 12.7. The summed E-state index contributed by atoms with van der Waals surface area (Å²) in [6, 6.07) is 1.51. The summed E-state index contributed by atoms with van der Waals surface area (Å²) in [5, 5.41) is 3.10. The summed E-state index contributed by atoms with van der Waals surface area (Å²) in [5.41, 5.74) is 1.31. The summed E-state index contributed by atoms with van der Waals surface area (Å²) < 4.78 is 97.6. The minimum atomic E-state index is -5.10. The molecule has 16 heteroatoms. The second kappa shape index (κ2) is 10.7. The molecule has 244 valence electrons. The molecule has 8 nitrogen and oxygen atoms in total. The van der Waals surface area contributed by atoms with E-state index in [0.29, 0.717) is 19.5 Å². The first kappa shape index (κ1) is 30.2. The molecule has 2 aromatic carbocycles. The van der Waals surface area contributed by atoms with Crippen LogP contribution in [0, 0.1) is 11.6 Å². The SMILES string of the molecule is Nc1nc2c(-c3c(C(F)(F)F)cc4c(N5CC6CCC(C5)N6)nc(OC[C@@]56CCCN5C[C@H](F)C6)nc4c3F)c(F)cc(Cl)c2s1. The highest BCUT2D eigenvalue weighted by Gasteiger charge is 2.49. The third-order valence-corrected chi connectivity index (χ3v) is 11.1. The van der Waals surface area contributed by atoms with E-state index in [-0.39, 0.29) is 69.2 Å². The largest absolute Gasteiger partial charge is 0.461 e. The predicted octanol–water partition coefficient (Wildman–Crippen LogP) is 6.33. The number of aromatic nitrogens is 3. The molecule has 2 bridgehead atoms. The van der Waals surface area contributed by atoms with E-state index in [1.54, 1.807) is 0 Å². The number of benzene rings is 2. The molecule has 4 fully saturated rings. The van der Waals surface area contributed by atoms with Crippen LogP contribution in [0.5, 0.6) is 6.01 Å². The number of nitrogen functional groups attached to an aromatic ring is 1. The van der Waals surface area contributed by atoms with Crippen LogP contribution >= 0.6 is 22.9 Å². The Morgan fingerprint density at radius 3 is 2.57 bits per heavy atom. The Labute approximate surface area is 267 Å². The standard InChI is InChI=1S/C30H28ClF6N7OS/c31-18-7-19(33)21(24-25(18)46-27(38)40-24)20-17(30(35,36)37)6-16-23(22(20)34)41-28(42-26(16)43-10-14-2-3-15(11-43)39-14)45-12-29-4-1-5-44(29)9-13(32)8-29/h6-7,13-15,39H,1-5,8-12H2,(H2,38,40)/t13-,14?,15?,29+/m1/s1. The summed E-state index contributed by atoms with van der Waals surface area (Å²) in [6.07, 6.45) is -2.52. The van der Waals surface area contributed by atoms with Crippen molar-refractivity contribution >= 4 is 55.0 Å². The van der Waals surface area contributed by atoms with Crippen molar-refractivity contribution in [3.8, 4) is 17.1 Å². The molecule has 8 rings (SSSR count). The number of nitrogens with two attached hydrogens (primary N) is 1. The van der Waals surface area contributed by atoms with Gasteiger partial charge in [-0.3, -0.25) is 4.90 Å². The number of anilines is 2. The van der Waals surface area contributed by atoms with E-state index in [2.05, 4.69) is 20.3 Å². The lowest BCUT2D eigenvalue weighted by Gasteiger charge is -2.35. The number of thiazole rings is 1. The van der Waals surface area contributed by atoms with Crippen LogP contribution in [0.3, 0.4) is 0 Å². The Hall–Kier alpha value is -3.14. The van der Waals surface area contributed by atoms with Gasteiger partial charge in [0.15, 0.2) is 10.9 Å². The molecular formula is C30H28ClF6N7OS. The lowest BCUT2D eigenvalue weighted by molar-refractivity contribution is -0.137. The fourth-order valence-electron chi connectivity index (χ4n) is 7.85. The molecule has 4 aliphatic rings. The zero-order valence-electron chi connectivity index (χ0n) is 24.2. The van der Waals surface area contributed by atoms with Crippen molar-refractivity contribution in [2.75, 3.05) is 43.4 Å². The van der Waals surface area contributed by atoms with Crippen molar-refractivity contribution in [1.82, 2.24) is 25.2 Å². The number of nitrogens with zero attached hydrogens (tertiary/aromatic N) is 5. The summed E-state index contributed by atoms with van der Waals surface area (Å²) in [6.45, 7) is 1.90. The minimum absolute atomic E-state index is 0.0326. The predicted molar refractivity (Wildman–Crippen MR) is 163 cm³/mol. The molecule has 46 heavy (non-hydrogen) atoms. The summed E-state index contributed by atoms with van der Waals surface area (Å²) in [7, 11) is 0. The van der Waals surface area contributed by atoms with Crippen LogP contribution in [0.4, 0.5) is 37.3 Å². The van der Waals surface area contributed by atoms with Crippen molar-refractivity contribution in [3.63, 3.8) is 0 Å². The van der Waals surface area contributed by atoms with Gasteiger partial charge in [0.25, 0.3) is 0 Å². The monoisotopic (exact) mass is 683 g/mol. The smallest absolute Gasteiger partial charge is 0.417 e. The van der Waals surface area contributed by atoms with E-state index in [4.69, 9.17) is 22.1 Å². The quantitative estimate of drug-likeness (QED) is 0.236. The molecule has 4 atom stereocenters. The second-order valence-corrected chi connectivity index (χ2v) is 14.1. The van der Waals surface area contributed by atoms with Gasteiger partial charge in [0.2, 0.25) is 0 Å². The van der Waals surface area contributed by atoms with Crippen molar-refractivity contribution in [3.05, 3.63) is 34.4 Å². The first-order chi connectivity index (χ1) is 21.9. The van der Waals surface area contributed by atoms with Gasteiger partial charge in [0, 0.05) is 54.7 Å². The molecule has 4 aromatic rings. The maximum Gasteiger partial charge on any atom is 0.417 e. The van der Waals surface area contributed by atoms with E-state index < -0.39 is 51.7 Å². The molecule has 0 amide bonds. The summed E-state index contributed by atoms with van der Waals surface area (Å²) in [5.74, 6) is -2.51. The molecule has 0 saturated carbocycles. The minimum Gasteiger partial charge on any atom is -0.461 e. The highest BCUT2D eigenvalue weighted by atomic mass is 35.5. The molecule has 6 heterocycles. The fourth-order valence-corrected chi connectivity index (χ4v) is 8.90. The van der Waals surface area contributed by atoms with Crippen LogP contribution in [0.25, 0.3) is 32.2 Å². The van der Waals surface area contributed by atoms with E-state index >= 15 is 8.78 Å². The zero-order chi connectivity index (χ0) is 32.1. The maximum atomic E-state index is 16.9. The van der Waals surface area contributed by atoms with Crippen LogP contribution in [0.15, 0.2) is 12.1 Å². The third kappa shape index (κ3) is 4.84. The van der Waals surface area contributed by atoms with Gasteiger partial charge >= 0.3 is 12.2 Å². The molecule has 2 aromatic heterocycles. The van der Waals surface area contributed by atoms with E-state index in [9.17, 15) is 17.6 Å². The van der Waals surface area contributed by atoms with Crippen molar-refractivity contribution in [1.29, 1.82) is 0 Å². The van der Waals surface area contributed by atoms with E-state index in [1.807, 2.05) is 9.80 Å². The number of hydrogen-bond acceptors (Lipinski definition) is 9. The van der Waals surface area contributed by atoms with E-state index in [1.165, 1.54) is 0 Å². The molecule has 0 spiro atoms. The number of hydrogen-bond donors (Lipinski definition) is 2. The Balaban J connectivity index is 1.34. The molecule has 2 unspecified atom stereocenters. The van der Waals surface area contributed by atoms with Gasteiger partial charge in [-0.15, -0.1) is 0 Å². The van der Waals surface area contributed by atoms with Crippen molar-refractivity contribution < 1.29 is 31.1 Å². The van der Waals surface area contributed by atoms with Crippen LogP contribution in [0.1, 0.15) is 37.7 Å². The molecule has 3 N–H and O–H groups in total. The summed E-state index contributed by atoms with van der Waals surface area (Å²) in [4.78, 5) is 16.7. The summed E-state index contributed by atoms with van der Waals surface area (Å²) >= 11 is 7.03. The zero-order valence-corrected chi connectivity index (χ0v) is 25.8. The highest BCUT2D eigenvalue weighted by Crippen LogP contribution is 2.48. The van der Waals surface area contributed by atoms with Crippen molar-refractivity contribution in [2.24, 2.45) is 0 Å². The average Bonchev–Trinajstić information content (AvgIpc) is 3.73. The van der Waals surface area contributed by atoms with Gasteiger partial charge in [-0.05, 0) is 44.4 Å². The topological polar surface area (TPSA) is 92.4 Å². The van der Waals surface area contributed by atoms with E-state index in [0.717, 1.165) is 49.3 Å². The maximum absolute atomic E-state index is 16.9. The first-order valence-electron chi connectivity index (χ1n) is 15.1. The number of ether oxygens (including phenoxy) is 1. The fraction of sp³-hybridized carbons (Fsp3) is 0.500. The number of halogens is 7. The highest BCUT2D eigenvalue weighted by molar-refractivity contribution is 7.22. The van der Waals surface area contributed by atoms with Crippen molar-refractivity contribution in [2.45, 2.75) is 62.1 Å². The van der Waals surface area contributed by atoms with Gasteiger partial charge < -0.3 is 20.7 Å². The first-order valence-corrected chi connectivity index (χ1v) is 16.3. The number of rotatable bonds is 5. The molecule has 0 aliphatic carbocycles. The lowest BCUT2D eigenvalue weighted by Crippen LogP contribution is -2.51. The Morgan fingerprint density at radius 2 is 1.83 bits per heavy atom. The van der Waals surface area contributed by atoms with Gasteiger partial charge in [-0.2, -0.15) is 23.1 Å². The Kier molecular flexibility index (Phi) is 7.02. The van der Waals surface area contributed by atoms with Crippen LogP contribution in [-0.4, -0.2) is 76.4 Å². The Morgan fingerprint density at radius 1 is 1.07 bits per heavy atom. The Bertz CT molecular complexity index is 1880. The molecule has 4 saturated heterocycles. The van der Waals surface area contributed by atoms with Gasteiger partial charge in [-0.25, -0.2) is 18.2 Å². The number of alkyl halides is 4. The molecule has 4 aliphatic heterocycles. The lowest BCUT2D eigenvalue weighted by atomic mass is 9.94. The third-order valence-electron chi connectivity index (χ3n) is 9.78. The normalized spacial score (nSPS) is 26.5. The number of piperazine rings is 1. The van der Waals surface area contributed by atoms with Crippen LogP contribution in [-0.2, 0) is 6.18 Å². The van der Waals surface area contributed by atoms with Gasteiger partial charge in [0.1, 0.15) is 29.9 Å². The molecular weight excluding hydrogens is 656 g/mol. The number of fused-ring (bicyclic) bond motifs is 5. The number of nitrogens with one attached hydrogen (secondary N) is 1. The average molecular weight is 684 g/mol. The van der Waals surface area contributed by atoms with Crippen LogP contribution < -0.4 is 20.7 Å². The van der Waals surface area contributed by atoms with Gasteiger partial charge in [-0.1, -0.05) is 22.9 Å². The van der Waals surface area contributed by atoms with Crippen LogP contribution in [0.2, 0.25) is 5.02 Å². The molecule has 0 radical (unpaired) electrons.